The number of carbonyl (C=O) groups is 1. The molecular weight excluding hydrogens is 420 g/mol. The summed E-state index contributed by atoms with van der Waals surface area (Å²) in [6, 6.07) is 13.3. The summed E-state index contributed by atoms with van der Waals surface area (Å²) < 4.78 is 28.0. The summed E-state index contributed by atoms with van der Waals surface area (Å²) in [5.74, 6) is -0.748. The summed E-state index contributed by atoms with van der Waals surface area (Å²) in [5.41, 5.74) is 2.96. The Hall–Kier alpha value is -2.62. The Morgan fingerprint density at radius 2 is 1.70 bits per heavy atom. The van der Waals surface area contributed by atoms with Gasteiger partial charge in [0, 0.05) is 5.56 Å². The molecule has 1 aromatic heterocycles. The number of aromatic nitrogens is 2. The first kappa shape index (κ1) is 22.1. The summed E-state index contributed by atoms with van der Waals surface area (Å²) in [5, 5.41) is 11.8. The topological polar surface area (TPSA) is 101 Å². The van der Waals surface area contributed by atoms with E-state index in [1.165, 1.54) is 23.5 Å². The zero-order valence-electron chi connectivity index (χ0n) is 17.2. The Bertz CT molecular complexity index is 1140. The van der Waals surface area contributed by atoms with Gasteiger partial charge in [0.2, 0.25) is 21.1 Å². The molecule has 1 unspecified atom stereocenters. The van der Waals surface area contributed by atoms with Crippen molar-refractivity contribution in [1.29, 1.82) is 0 Å². The summed E-state index contributed by atoms with van der Waals surface area (Å²) in [6.07, 6.45) is 0. The van der Waals surface area contributed by atoms with Crippen LogP contribution in [-0.4, -0.2) is 30.6 Å². The highest BCUT2D eigenvalue weighted by atomic mass is 32.2. The number of nitrogens with one attached hydrogen (secondary N) is 2. The molecule has 3 aromatic rings. The molecule has 1 amide bonds. The van der Waals surface area contributed by atoms with E-state index in [1.54, 1.807) is 26.0 Å². The highest BCUT2D eigenvalue weighted by molar-refractivity contribution is 7.89. The molecular formula is C21H24N4O3S2. The average molecular weight is 445 g/mol. The molecule has 0 saturated heterocycles. The quantitative estimate of drug-likeness (QED) is 0.578. The molecule has 1 atom stereocenters. The van der Waals surface area contributed by atoms with E-state index in [1.807, 2.05) is 38.1 Å². The predicted molar refractivity (Wildman–Crippen MR) is 119 cm³/mol. The molecule has 3 rings (SSSR count). The van der Waals surface area contributed by atoms with Crippen LogP contribution in [0.25, 0.3) is 10.6 Å². The van der Waals surface area contributed by atoms with Crippen LogP contribution in [-0.2, 0) is 14.8 Å². The number of sulfonamides is 1. The van der Waals surface area contributed by atoms with Gasteiger partial charge in [-0.2, -0.15) is 4.72 Å². The van der Waals surface area contributed by atoms with Crippen molar-refractivity contribution in [3.8, 4) is 10.6 Å². The minimum Gasteiger partial charge on any atom is -0.299 e. The van der Waals surface area contributed by atoms with Crippen LogP contribution in [0.3, 0.4) is 0 Å². The van der Waals surface area contributed by atoms with E-state index < -0.39 is 22.0 Å². The Morgan fingerprint density at radius 3 is 2.33 bits per heavy atom. The fourth-order valence-corrected chi connectivity index (χ4v) is 4.88. The smallest absolute Gasteiger partial charge is 0.244 e. The fraction of sp³-hybridized carbons (Fsp3) is 0.286. The lowest BCUT2D eigenvalue weighted by molar-refractivity contribution is -0.118. The number of hydrogen-bond donors (Lipinski definition) is 2. The molecule has 158 valence electrons. The Balaban J connectivity index is 1.75. The fourth-order valence-electron chi connectivity index (χ4n) is 2.80. The van der Waals surface area contributed by atoms with Crippen molar-refractivity contribution in [3.05, 3.63) is 59.7 Å². The zero-order chi connectivity index (χ0) is 21.9. The number of amides is 1. The Morgan fingerprint density at radius 1 is 1.00 bits per heavy atom. The lowest BCUT2D eigenvalue weighted by Gasteiger charge is -2.21. The van der Waals surface area contributed by atoms with Crippen molar-refractivity contribution >= 4 is 32.4 Å². The number of hydrogen-bond acceptors (Lipinski definition) is 6. The van der Waals surface area contributed by atoms with Crippen LogP contribution in [0.15, 0.2) is 53.4 Å². The molecule has 0 aliphatic heterocycles. The molecule has 0 spiro atoms. The number of nitrogens with zero attached hydrogens (tertiary/aromatic N) is 2. The SMILES string of the molecule is Cc1ccc(S(=O)(=O)NC(C(=O)Nc2nnc(-c3cccc(C)c3)s2)C(C)C)cc1. The van der Waals surface area contributed by atoms with Crippen molar-refractivity contribution in [2.24, 2.45) is 5.92 Å². The number of rotatable bonds is 7. The van der Waals surface area contributed by atoms with Gasteiger partial charge in [0.15, 0.2) is 0 Å². The van der Waals surface area contributed by atoms with Gasteiger partial charge >= 0.3 is 0 Å². The van der Waals surface area contributed by atoms with E-state index in [0.29, 0.717) is 10.1 Å². The third kappa shape index (κ3) is 5.29. The van der Waals surface area contributed by atoms with Gasteiger partial charge in [0.25, 0.3) is 0 Å². The summed E-state index contributed by atoms with van der Waals surface area (Å²) in [7, 11) is -3.84. The first-order chi connectivity index (χ1) is 14.2. The lowest BCUT2D eigenvalue weighted by atomic mass is 10.1. The predicted octanol–water partition coefficient (Wildman–Crippen LogP) is 3.76. The van der Waals surface area contributed by atoms with E-state index in [2.05, 4.69) is 20.2 Å². The molecule has 2 N–H and O–H groups in total. The van der Waals surface area contributed by atoms with E-state index in [-0.39, 0.29) is 10.8 Å². The molecule has 30 heavy (non-hydrogen) atoms. The number of benzene rings is 2. The van der Waals surface area contributed by atoms with Gasteiger partial charge < -0.3 is 0 Å². The van der Waals surface area contributed by atoms with Crippen molar-refractivity contribution in [3.63, 3.8) is 0 Å². The molecule has 0 fully saturated rings. The molecule has 0 aliphatic carbocycles. The first-order valence-corrected chi connectivity index (χ1v) is 11.8. The number of aryl methyl sites for hydroxylation is 2. The molecule has 9 heteroatoms. The highest BCUT2D eigenvalue weighted by Crippen LogP contribution is 2.27. The van der Waals surface area contributed by atoms with E-state index >= 15 is 0 Å². The Labute approximate surface area is 180 Å². The summed E-state index contributed by atoms with van der Waals surface area (Å²) >= 11 is 1.24. The van der Waals surface area contributed by atoms with Crippen LogP contribution in [0, 0.1) is 19.8 Å². The van der Waals surface area contributed by atoms with Crippen LogP contribution >= 0.6 is 11.3 Å². The second-order valence-corrected chi connectivity index (χ2v) is 10.1. The largest absolute Gasteiger partial charge is 0.299 e. The molecule has 1 heterocycles. The van der Waals surface area contributed by atoms with Crippen molar-refractivity contribution in [1.82, 2.24) is 14.9 Å². The molecule has 0 aliphatic rings. The molecule has 7 nitrogen and oxygen atoms in total. The van der Waals surface area contributed by atoms with E-state index in [4.69, 9.17) is 0 Å². The average Bonchev–Trinajstić information content (AvgIpc) is 3.15. The monoisotopic (exact) mass is 444 g/mol. The lowest BCUT2D eigenvalue weighted by Crippen LogP contribution is -2.47. The Kier molecular flexibility index (Phi) is 6.64. The maximum Gasteiger partial charge on any atom is 0.244 e. The third-order valence-electron chi connectivity index (χ3n) is 4.48. The molecule has 0 saturated carbocycles. The standard InChI is InChI=1S/C21H24N4O3S2/c1-13(2)18(25-30(27,28)17-10-8-14(3)9-11-17)19(26)22-21-24-23-20(29-21)16-7-5-6-15(4)12-16/h5-13,18,25H,1-4H3,(H,22,24,26). The third-order valence-corrected chi connectivity index (χ3v) is 6.83. The van der Waals surface area contributed by atoms with Crippen molar-refractivity contribution in [2.75, 3.05) is 5.32 Å². The second kappa shape index (κ2) is 9.03. The van der Waals surface area contributed by atoms with E-state index in [9.17, 15) is 13.2 Å². The normalized spacial score (nSPS) is 12.7. The molecule has 0 radical (unpaired) electrons. The van der Waals surface area contributed by atoms with Crippen molar-refractivity contribution in [2.45, 2.75) is 38.6 Å². The minimum absolute atomic E-state index is 0.115. The second-order valence-electron chi connectivity index (χ2n) is 7.43. The number of carbonyl (C=O) groups excluding carboxylic acids is 1. The van der Waals surface area contributed by atoms with Gasteiger partial charge in [0.1, 0.15) is 11.0 Å². The van der Waals surface area contributed by atoms with Gasteiger partial charge in [0.05, 0.1) is 4.90 Å². The maximum atomic E-state index is 12.8. The molecule has 0 bridgehead atoms. The molecule has 2 aromatic carbocycles. The number of anilines is 1. The van der Waals surface area contributed by atoms with Crippen molar-refractivity contribution < 1.29 is 13.2 Å². The first-order valence-electron chi connectivity index (χ1n) is 9.46. The minimum atomic E-state index is -3.84. The van der Waals surface area contributed by atoms with E-state index in [0.717, 1.165) is 16.7 Å². The van der Waals surface area contributed by atoms with Crippen LogP contribution in [0.5, 0.6) is 0 Å². The highest BCUT2D eigenvalue weighted by Gasteiger charge is 2.29. The maximum absolute atomic E-state index is 12.8. The summed E-state index contributed by atoms with van der Waals surface area (Å²) in [6.45, 7) is 7.42. The van der Waals surface area contributed by atoms with Crippen LogP contribution in [0.2, 0.25) is 0 Å². The van der Waals surface area contributed by atoms with Gasteiger partial charge in [-0.3, -0.25) is 10.1 Å². The zero-order valence-corrected chi connectivity index (χ0v) is 18.8. The van der Waals surface area contributed by atoms with Gasteiger partial charge in [-0.15, -0.1) is 10.2 Å². The van der Waals surface area contributed by atoms with Crippen LogP contribution in [0.1, 0.15) is 25.0 Å². The van der Waals surface area contributed by atoms with Gasteiger partial charge in [-0.25, -0.2) is 8.42 Å². The van der Waals surface area contributed by atoms with Gasteiger partial charge in [-0.05, 0) is 38.0 Å². The summed E-state index contributed by atoms with van der Waals surface area (Å²) in [4.78, 5) is 12.9. The van der Waals surface area contributed by atoms with Crippen LogP contribution < -0.4 is 10.0 Å². The van der Waals surface area contributed by atoms with Crippen LogP contribution in [0.4, 0.5) is 5.13 Å². The van der Waals surface area contributed by atoms with Gasteiger partial charge in [-0.1, -0.05) is 66.6 Å².